The van der Waals surface area contributed by atoms with E-state index >= 15 is 0 Å². The SMILES string of the molecule is CCCCCCCCCC/C=C/CCCCCC(=O)O[C@@H](COC(=O)CCCCCCCCCCCCCCCCCCCCCCC)COP(=O)(O)OCC[N+](C)(C)C. The summed E-state index contributed by atoms with van der Waals surface area (Å²) >= 11 is 0. The lowest BCUT2D eigenvalue weighted by Crippen LogP contribution is -2.37. The molecule has 0 saturated carbocycles. The van der Waals surface area contributed by atoms with Crippen molar-refractivity contribution in [3.05, 3.63) is 12.2 Å². The summed E-state index contributed by atoms with van der Waals surface area (Å²) in [6.45, 7) is 4.45. The maximum atomic E-state index is 12.7. The highest BCUT2D eigenvalue weighted by molar-refractivity contribution is 7.47. The van der Waals surface area contributed by atoms with Crippen molar-refractivity contribution in [3.63, 3.8) is 0 Å². The Bertz CT molecular complexity index is 1030. The smallest absolute Gasteiger partial charge is 0.462 e. The molecule has 0 aromatic rings. The molecule has 0 fully saturated rings. The Hall–Kier alpha value is -1.25. The topological polar surface area (TPSA) is 108 Å². The first-order valence-corrected chi connectivity index (χ1v) is 26.9. The van der Waals surface area contributed by atoms with Gasteiger partial charge in [0.15, 0.2) is 6.10 Å². The largest absolute Gasteiger partial charge is 0.472 e. The van der Waals surface area contributed by atoms with Crippen molar-refractivity contribution >= 4 is 19.8 Å². The maximum absolute atomic E-state index is 12.7. The molecule has 60 heavy (non-hydrogen) atoms. The van der Waals surface area contributed by atoms with Gasteiger partial charge >= 0.3 is 19.8 Å². The fourth-order valence-electron chi connectivity index (χ4n) is 7.31. The maximum Gasteiger partial charge on any atom is 0.472 e. The lowest BCUT2D eigenvalue weighted by molar-refractivity contribution is -0.870. The Morgan fingerprint density at radius 1 is 0.500 bits per heavy atom. The zero-order chi connectivity index (χ0) is 44.3. The average molecular weight is 873 g/mol. The first kappa shape index (κ1) is 58.8. The first-order valence-electron chi connectivity index (χ1n) is 25.4. The molecule has 0 aliphatic heterocycles. The van der Waals surface area contributed by atoms with Crippen molar-refractivity contribution in [1.29, 1.82) is 0 Å². The van der Waals surface area contributed by atoms with Crippen LogP contribution in [0, 0.1) is 0 Å². The molecule has 0 radical (unpaired) electrons. The highest BCUT2D eigenvalue weighted by atomic mass is 31.2. The van der Waals surface area contributed by atoms with E-state index in [9.17, 15) is 19.0 Å². The van der Waals surface area contributed by atoms with Crippen molar-refractivity contribution < 1.29 is 42.1 Å². The van der Waals surface area contributed by atoms with Crippen molar-refractivity contribution in [3.8, 4) is 0 Å². The minimum atomic E-state index is -4.38. The van der Waals surface area contributed by atoms with Gasteiger partial charge in [-0.25, -0.2) is 4.57 Å². The van der Waals surface area contributed by atoms with Crippen molar-refractivity contribution in [1.82, 2.24) is 0 Å². The van der Waals surface area contributed by atoms with E-state index in [0.29, 0.717) is 23.9 Å². The van der Waals surface area contributed by atoms with E-state index in [1.54, 1.807) is 0 Å². The summed E-state index contributed by atoms with van der Waals surface area (Å²) in [7, 11) is 1.48. The number of phosphoric ester groups is 1. The summed E-state index contributed by atoms with van der Waals surface area (Å²) in [4.78, 5) is 35.5. The van der Waals surface area contributed by atoms with Crippen LogP contribution >= 0.6 is 7.82 Å². The second kappa shape index (κ2) is 43.0. The Morgan fingerprint density at radius 3 is 1.25 bits per heavy atom. The van der Waals surface area contributed by atoms with E-state index in [2.05, 4.69) is 26.0 Å². The molecule has 0 aromatic heterocycles. The molecule has 0 aromatic carbocycles. The van der Waals surface area contributed by atoms with E-state index < -0.39 is 26.5 Å². The summed E-state index contributed by atoms with van der Waals surface area (Å²) in [6.07, 6.45) is 46.9. The van der Waals surface area contributed by atoms with Crippen molar-refractivity contribution in [2.24, 2.45) is 0 Å². The normalized spacial score (nSPS) is 13.5. The number of phosphoric acid groups is 1. The minimum absolute atomic E-state index is 0.0323. The summed E-state index contributed by atoms with van der Waals surface area (Å²) in [5.41, 5.74) is 0. The van der Waals surface area contributed by atoms with Gasteiger partial charge in [0.2, 0.25) is 0 Å². The molecular formula is C50H99NO8P+. The molecule has 1 unspecified atom stereocenters. The Kier molecular flexibility index (Phi) is 42.1. The second-order valence-electron chi connectivity index (χ2n) is 18.6. The molecule has 0 aliphatic carbocycles. The number of carbonyl (C=O) groups excluding carboxylic acids is 2. The van der Waals surface area contributed by atoms with Gasteiger partial charge in [-0.1, -0.05) is 206 Å². The molecule has 356 valence electrons. The predicted molar refractivity (Wildman–Crippen MR) is 252 cm³/mol. The van der Waals surface area contributed by atoms with Gasteiger partial charge in [-0.15, -0.1) is 0 Å². The van der Waals surface area contributed by atoms with Crippen LogP contribution in [0.4, 0.5) is 0 Å². The number of allylic oxidation sites excluding steroid dienone is 2. The molecule has 0 bridgehead atoms. The third-order valence-electron chi connectivity index (χ3n) is 11.3. The molecule has 0 heterocycles. The summed E-state index contributed by atoms with van der Waals surface area (Å²) in [6, 6.07) is 0. The van der Waals surface area contributed by atoms with E-state index in [0.717, 1.165) is 44.9 Å². The number of hydrogen-bond acceptors (Lipinski definition) is 7. The summed E-state index contributed by atoms with van der Waals surface area (Å²) in [5, 5.41) is 0. The fraction of sp³-hybridized carbons (Fsp3) is 0.920. The molecule has 9 nitrogen and oxygen atoms in total. The highest BCUT2D eigenvalue weighted by Crippen LogP contribution is 2.43. The van der Waals surface area contributed by atoms with Crippen LogP contribution in [0.2, 0.25) is 0 Å². The molecule has 2 atom stereocenters. The molecule has 0 saturated heterocycles. The van der Waals surface area contributed by atoms with Crippen LogP contribution in [-0.2, 0) is 32.7 Å². The van der Waals surface area contributed by atoms with Gasteiger partial charge in [-0.3, -0.25) is 18.6 Å². The third kappa shape index (κ3) is 46.3. The van der Waals surface area contributed by atoms with Gasteiger partial charge in [0.25, 0.3) is 0 Å². The second-order valence-corrected chi connectivity index (χ2v) is 20.0. The van der Waals surface area contributed by atoms with Gasteiger partial charge in [-0.05, 0) is 38.5 Å². The fourth-order valence-corrected chi connectivity index (χ4v) is 8.05. The molecule has 0 spiro atoms. The van der Waals surface area contributed by atoms with Gasteiger partial charge < -0.3 is 18.9 Å². The standard InChI is InChI=1S/C50H98NO8P/c1-6-8-10-12-14-16-18-20-22-23-24-25-26-27-29-30-32-34-36-38-40-42-49(52)56-46-48(47-58-60(54,55)57-45-44-51(3,4)5)59-50(53)43-41-39-37-35-33-31-28-21-19-17-15-13-11-9-7-2/h31,33,48H,6-30,32,34-47H2,1-5H3/p+1/b33-31+/t48-/m0/s1. The average Bonchev–Trinajstić information content (AvgIpc) is 3.20. The third-order valence-corrected chi connectivity index (χ3v) is 12.3. The quantitative estimate of drug-likeness (QED) is 0.0212. The van der Waals surface area contributed by atoms with Crippen LogP contribution in [0.15, 0.2) is 12.2 Å². The Labute approximate surface area is 371 Å². The van der Waals surface area contributed by atoms with E-state index in [-0.39, 0.29) is 25.6 Å². The van der Waals surface area contributed by atoms with Crippen LogP contribution in [-0.4, -0.2) is 74.9 Å². The Balaban J connectivity index is 4.21. The van der Waals surface area contributed by atoms with Crippen LogP contribution in [0.1, 0.15) is 245 Å². The number of unbranched alkanes of at least 4 members (excludes halogenated alkanes) is 31. The number of quaternary nitrogens is 1. The lowest BCUT2D eigenvalue weighted by Gasteiger charge is -2.24. The number of nitrogens with zero attached hydrogens (tertiary/aromatic N) is 1. The van der Waals surface area contributed by atoms with Gasteiger partial charge in [0, 0.05) is 12.8 Å². The zero-order valence-electron chi connectivity index (χ0n) is 40.2. The van der Waals surface area contributed by atoms with E-state index in [4.69, 9.17) is 18.5 Å². The number of ether oxygens (including phenoxy) is 2. The molecule has 0 amide bonds. The van der Waals surface area contributed by atoms with Gasteiger partial charge in [0.05, 0.1) is 27.7 Å². The molecule has 10 heteroatoms. The van der Waals surface area contributed by atoms with Crippen LogP contribution in [0.3, 0.4) is 0 Å². The van der Waals surface area contributed by atoms with Crippen LogP contribution in [0.25, 0.3) is 0 Å². The highest BCUT2D eigenvalue weighted by Gasteiger charge is 2.27. The van der Waals surface area contributed by atoms with Crippen molar-refractivity contribution in [2.75, 3.05) is 47.5 Å². The molecule has 0 rings (SSSR count). The summed E-state index contributed by atoms with van der Waals surface area (Å²) in [5.74, 6) is -0.802. The number of likely N-dealkylation sites (N-methyl/N-ethyl adjacent to an activating group) is 1. The first-order chi connectivity index (χ1) is 29.0. The van der Waals surface area contributed by atoms with Gasteiger partial charge in [0.1, 0.15) is 19.8 Å². The van der Waals surface area contributed by atoms with E-state index in [1.165, 1.54) is 167 Å². The van der Waals surface area contributed by atoms with Crippen LogP contribution in [0.5, 0.6) is 0 Å². The van der Waals surface area contributed by atoms with Crippen molar-refractivity contribution in [2.45, 2.75) is 251 Å². The van der Waals surface area contributed by atoms with Crippen LogP contribution < -0.4 is 0 Å². The number of carbonyl (C=O) groups is 2. The number of rotatable bonds is 47. The summed E-state index contributed by atoms with van der Waals surface area (Å²) < 4.78 is 34.4. The monoisotopic (exact) mass is 873 g/mol. The Morgan fingerprint density at radius 2 is 0.850 bits per heavy atom. The lowest BCUT2D eigenvalue weighted by atomic mass is 10.0. The zero-order valence-corrected chi connectivity index (χ0v) is 41.1. The number of esters is 2. The van der Waals surface area contributed by atoms with Gasteiger partial charge in [-0.2, -0.15) is 0 Å². The van der Waals surface area contributed by atoms with E-state index in [1.807, 2.05) is 21.1 Å². The molecule has 0 aliphatic rings. The predicted octanol–water partition coefficient (Wildman–Crippen LogP) is 14.9. The molecule has 1 N–H and O–H groups in total. The molecular weight excluding hydrogens is 774 g/mol. The minimum Gasteiger partial charge on any atom is -0.462 e. The number of hydrogen-bond donors (Lipinski definition) is 1.